The molecule has 0 aromatic heterocycles. The summed E-state index contributed by atoms with van der Waals surface area (Å²) < 4.78 is 17.9. The molecule has 3 rings (SSSR count). The van der Waals surface area contributed by atoms with Crippen molar-refractivity contribution >= 4 is 11.5 Å². The molecule has 2 atom stereocenters. The summed E-state index contributed by atoms with van der Waals surface area (Å²) in [7, 11) is 1.40. The van der Waals surface area contributed by atoms with Gasteiger partial charge in [0.2, 0.25) is 0 Å². The standard InChI is InChI=1S/C15H16FNO2/c1-19-15(18)14-12(8-11-6-7-13(14)17-11)9-2-4-10(16)5-3-9/h2-5,11,13,17H,6-8H2,1H3/t11-,13+/m0/s1. The van der Waals surface area contributed by atoms with Gasteiger partial charge in [-0.05, 0) is 42.5 Å². The van der Waals surface area contributed by atoms with Gasteiger partial charge < -0.3 is 10.1 Å². The van der Waals surface area contributed by atoms with Crippen molar-refractivity contribution in [2.45, 2.75) is 31.3 Å². The number of carbonyl (C=O) groups excluding carboxylic acids is 1. The smallest absolute Gasteiger partial charge is 0.335 e. The molecule has 0 unspecified atom stereocenters. The second-order valence-electron chi connectivity index (χ2n) is 5.09. The third-order valence-electron chi connectivity index (χ3n) is 3.96. The molecule has 1 saturated heterocycles. The van der Waals surface area contributed by atoms with Gasteiger partial charge in [0.1, 0.15) is 5.82 Å². The number of ether oxygens (including phenoxy) is 1. The van der Waals surface area contributed by atoms with Gasteiger partial charge in [-0.1, -0.05) is 12.1 Å². The number of halogens is 1. The first-order chi connectivity index (χ1) is 9.19. The van der Waals surface area contributed by atoms with Crippen molar-refractivity contribution in [2.24, 2.45) is 0 Å². The van der Waals surface area contributed by atoms with Crippen LogP contribution in [0.3, 0.4) is 0 Å². The van der Waals surface area contributed by atoms with Crippen LogP contribution in [-0.2, 0) is 9.53 Å². The van der Waals surface area contributed by atoms with Crippen molar-refractivity contribution in [3.05, 3.63) is 41.2 Å². The summed E-state index contributed by atoms with van der Waals surface area (Å²) in [4.78, 5) is 12.0. The van der Waals surface area contributed by atoms with E-state index in [1.54, 1.807) is 12.1 Å². The topological polar surface area (TPSA) is 38.3 Å². The Morgan fingerprint density at radius 1 is 1.32 bits per heavy atom. The van der Waals surface area contributed by atoms with E-state index < -0.39 is 0 Å². The van der Waals surface area contributed by atoms with Crippen LogP contribution in [0.25, 0.3) is 5.57 Å². The monoisotopic (exact) mass is 261 g/mol. The average molecular weight is 261 g/mol. The molecule has 0 aliphatic carbocycles. The number of nitrogens with one attached hydrogen (secondary N) is 1. The van der Waals surface area contributed by atoms with Crippen LogP contribution in [0, 0.1) is 5.82 Å². The highest BCUT2D eigenvalue weighted by Gasteiger charge is 2.37. The predicted molar refractivity (Wildman–Crippen MR) is 69.9 cm³/mol. The van der Waals surface area contributed by atoms with Crippen molar-refractivity contribution in [3.8, 4) is 0 Å². The Bertz CT molecular complexity index is 536. The summed E-state index contributed by atoms with van der Waals surface area (Å²) in [6, 6.07) is 6.82. The number of esters is 1. The van der Waals surface area contributed by atoms with Crippen LogP contribution in [0.15, 0.2) is 29.8 Å². The molecule has 1 fully saturated rings. The molecular weight excluding hydrogens is 245 g/mol. The first-order valence-electron chi connectivity index (χ1n) is 6.52. The number of methoxy groups -OCH3 is 1. The second kappa shape index (κ2) is 4.78. The normalized spacial score (nSPS) is 25.6. The zero-order chi connectivity index (χ0) is 13.4. The number of hydrogen-bond donors (Lipinski definition) is 1. The van der Waals surface area contributed by atoms with Gasteiger partial charge in [-0.3, -0.25) is 0 Å². The molecule has 100 valence electrons. The molecule has 19 heavy (non-hydrogen) atoms. The fraction of sp³-hybridized carbons (Fsp3) is 0.400. The van der Waals surface area contributed by atoms with Crippen molar-refractivity contribution in [1.82, 2.24) is 5.32 Å². The lowest BCUT2D eigenvalue weighted by molar-refractivity contribution is -0.136. The Kier molecular flexibility index (Phi) is 3.11. The van der Waals surface area contributed by atoms with E-state index in [2.05, 4.69) is 5.32 Å². The number of hydrogen-bond acceptors (Lipinski definition) is 3. The summed E-state index contributed by atoms with van der Waals surface area (Å²) in [5.74, 6) is -0.543. The summed E-state index contributed by atoms with van der Waals surface area (Å²) in [5, 5.41) is 3.43. The molecule has 1 aromatic rings. The lowest BCUT2D eigenvalue weighted by Gasteiger charge is -2.26. The van der Waals surface area contributed by atoms with E-state index in [0.29, 0.717) is 11.6 Å². The molecule has 2 aliphatic rings. The molecule has 1 N–H and O–H groups in total. The Labute approximate surface area is 111 Å². The van der Waals surface area contributed by atoms with E-state index in [1.807, 2.05) is 0 Å². The van der Waals surface area contributed by atoms with Crippen molar-refractivity contribution in [3.63, 3.8) is 0 Å². The highest BCUT2D eigenvalue weighted by atomic mass is 19.1. The molecule has 0 radical (unpaired) electrons. The summed E-state index contributed by atoms with van der Waals surface area (Å²) in [6.07, 6.45) is 2.82. The number of rotatable bonds is 2. The fourth-order valence-electron chi connectivity index (χ4n) is 3.07. The van der Waals surface area contributed by atoms with Crippen LogP contribution in [0.2, 0.25) is 0 Å². The van der Waals surface area contributed by atoms with Crippen LogP contribution >= 0.6 is 0 Å². The Morgan fingerprint density at radius 2 is 2.05 bits per heavy atom. The minimum absolute atomic E-state index is 0.0752. The van der Waals surface area contributed by atoms with Crippen molar-refractivity contribution < 1.29 is 13.9 Å². The number of fused-ring (bicyclic) bond motifs is 2. The molecule has 0 amide bonds. The third kappa shape index (κ3) is 2.16. The lowest BCUT2D eigenvalue weighted by Crippen LogP contribution is -2.38. The van der Waals surface area contributed by atoms with E-state index >= 15 is 0 Å². The number of benzene rings is 1. The zero-order valence-electron chi connectivity index (χ0n) is 10.8. The van der Waals surface area contributed by atoms with Crippen LogP contribution in [-0.4, -0.2) is 25.2 Å². The minimum atomic E-state index is -0.280. The first-order valence-corrected chi connectivity index (χ1v) is 6.52. The van der Waals surface area contributed by atoms with E-state index in [9.17, 15) is 9.18 Å². The van der Waals surface area contributed by atoms with E-state index in [4.69, 9.17) is 4.74 Å². The third-order valence-corrected chi connectivity index (χ3v) is 3.96. The average Bonchev–Trinajstić information content (AvgIpc) is 2.80. The SMILES string of the molecule is COC(=O)C1=C(c2ccc(F)cc2)C[C@@H]2CC[C@H]1N2. The highest BCUT2D eigenvalue weighted by molar-refractivity contribution is 5.99. The van der Waals surface area contributed by atoms with Crippen molar-refractivity contribution in [2.75, 3.05) is 7.11 Å². The fourth-order valence-corrected chi connectivity index (χ4v) is 3.07. The maximum absolute atomic E-state index is 13.0. The largest absolute Gasteiger partial charge is 0.466 e. The summed E-state index contributed by atoms with van der Waals surface area (Å²) in [5.41, 5.74) is 2.63. The van der Waals surface area contributed by atoms with E-state index in [0.717, 1.165) is 30.4 Å². The van der Waals surface area contributed by atoms with Gasteiger partial charge in [0, 0.05) is 12.1 Å². The van der Waals surface area contributed by atoms with E-state index in [1.165, 1.54) is 19.2 Å². The van der Waals surface area contributed by atoms with Gasteiger partial charge in [0.25, 0.3) is 0 Å². The molecule has 3 nitrogen and oxygen atoms in total. The summed E-state index contributed by atoms with van der Waals surface area (Å²) >= 11 is 0. The molecule has 2 bridgehead atoms. The van der Waals surface area contributed by atoms with Crippen molar-refractivity contribution in [1.29, 1.82) is 0 Å². The van der Waals surface area contributed by atoms with Crippen LogP contribution < -0.4 is 5.32 Å². The molecule has 4 heteroatoms. The predicted octanol–water partition coefficient (Wildman–Crippen LogP) is 2.28. The first kappa shape index (κ1) is 12.4. The highest BCUT2D eigenvalue weighted by Crippen LogP contribution is 2.37. The van der Waals surface area contributed by atoms with Crippen LogP contribution in [0.5, 0.6) is 0 Å². The molecular formula is C15H16FNO2. The molecule has 1 aromatic carbocycles. The maximum atomic E-state index is 13.0. The minimum Gasteiger partial charge on any atom is -0.466 e. The molecule has 2 aliphatic heterocycles. The quantitative estimate of drug-likeness (QED) is 0.830. The Morgan fingerprint density at radius 3 is 2.74 bits per heavy atom. The van der Waals surface area contributed by atoms with Crippen LogP contribution in [0.1, 0.15) is 24.8 Å². The van der Waals surface area contributed by atoms with Crippen LogP contribution in [0.4, 0.5) is 4.39 Å². The Balaban J connectivity index is 2.07. The van der Waals surface area contributed by atoms with Gasteiger partial charge in [0.05, 0.1) is 12.7 Å². The molecule has 2 heterocycles. The van der Waals surface area contributed by atoms with Gasteiger partial charge in [-0.2, -0.15) is 0 Å². The van der Waals surface area contributed by atoms with Gasteiger partial charge in [-0.25, -0.2) is 9.18 Å². The Hall–Kier alpha value is -1.68. The molecule has 0 saturated carbocycles. The zero-order valence-corrected chi connectivity index (χ0v) is 10.8. The number of carbonyl (C=O) groups is 1. The van der Waals surface area contributed by atoms with E-state index in [-0.39, 0.29) is 17.8 Å². The van der Waals surface area contributed by atoms with Gasteiger partial charge in [0.15, 0.2) is 0 Å². The van der Waals surface area contributed by atoms with Gasteiger partial charge in [-0.15, -0.1) is 0 Å². The maximum Gasteiger partial charge on any atom is 0.335 e. The lowest BCUT2D eigenvalue weighted by atomic mass is 9.90. The summed E-state index contributed by atoms with van der Waals surface area (Å²) in [6.45, 7) is 0. The molecule has 0 spiro atoms. The van der Waals surface area contributed by atoms with Gasteiger partial charge >= 0.3 is 5.97 Å². The second-order valence-corrected chi connectivity index (χ2v) is 5.09.